The van der Waals surface area contributed by atoms with E-state index in [1.54, 1.807) is 0 Å². The highest BCUT2D eigenvalue weighted by Gasteiger charge is 2.34. The number of amides is 1. The maximum Gasteiger partial charge on any atom is 0.419 e. The molecule has 1 N–H and O–H groups in total. The van der Waals surface area contributed by atoms with Crippen LogP contribution in [0, 0.1) is 5.82 Å². The van der Waals surface area contributed by atoms with Gasteiger partial charge in [0.2, 0.25) is 5.91 Å². The van der Waals surface area contributed by atoms with Crippen molar-refractivity contribution < 1.29 is 22.4 Å². The largest absolute Gasteiger partial charge is 0.419 e. The van der Waals surface area contributed by atoms with Crippen molar-refractivity contribution in [3.63, 3.8) is 0 Å². The number of rotatable bonds is 2. The number of carbonyl (C=O) groups excluding carboxylic acids is 1. The summed E-state index contributed by atoms with van der Waals surface area (Å²) in [7, 11) is 0. The maximum atomic E-state index is 13.6. The Hall–Kier alpha value is -1.90. The van der Waals surface area contributed by atoms with Crippen LogP contribution < -0.4 is 5.32 Å². The van der Waals surface area contributed by atoms with Crippen molar-refractivity contribution >= 4 is 29.1 Å². The van der Waals surface area contributed by atoms with Gasteiger partial charge in [0.25, 0.3) is 0 Å². The minimum Gasteiger partial charge on any atom is -0.303 e. The van der Waals surface area contributed by atoms with Gasteiger partial charge >= 0.3 is 6.18 Å². The molecule has 1 fully saturated rings. The van der Waals surface area contributed by atoms with Gasteiger partial charge in [-0.15, -0.1) is 5.10 Å². The molecular weight excluding hydrogens is 298 g/mol. The van der Waals surface area contributed by atoms with Gasteiger partial charge in [0.1, 0.15) is 5.82 Å². The van der Waals surface area contributed by atoms with E-state index in [2.05, 4.69) is 15.5 Å². The summed E-state index contributed by atoms with van der Waals surface area (Å²) in [5.41, 5.74) is -1.70. The zero-order valence-corrected chi connectivity index (χ0v) is 10.6. The van der Waals surface area contributed by atoms with Gasteiger partial charge in [0.15, 0.2) is 5.17 Å². The molecule has 0 atom stereocenters. The van der Waals surface area contributed by atoms with Crippen LogP contribution in [0.4, 0.5) is 17.6 Å². The molecule has 0 radical (unpaired) electrons. The summed E-state index contributed by atoms with van der Waals surface area (Å²) in [6.45, 7) is 0. The van der Waals surface area contributed by atoms with Crippen LogP contribution in [0.15, 0.2) is 28.4 Å². The molecule has 1 aromatic rings. The summed E-state index contributed by atoms with van der Waals surface area (Å²) >= 11 is 1.10. The Morgan fingerprint density at radius 3 is 2.70 bits per heavy atom. The molecule has 0 aromatic heterocycles. The highest BCUT2D eigenvalue weighted by molar-refractivity contribution is 8.15. The van der Waals surface area contributed by atoms with Crippen LogP contribution in [0.25, 0.3) is 0 Å². The van der Waals surface area contributed by atoms with Crippen LogP contribution >= 0.6 is 11.8 Å². The number of thioether (sulfide) groups is 1. The molecule has 1 aliphatic heterocycles. The number of nitrogens with one attached hydrogen (secondary N) is 1. The summed E-state index contributed by atoms with van der Waals surface area (Å²) in [5, 5.41) is 9.63. The summed E-state index contributed by atoms with van der Waals surface area (Å²) in [6.07, 6.45) is -3.91. The zero-order valence-electron chi connectivity index (χ0n) is 9.74. The molecule has 1 heterocycles. The first kappa shape index (κ1) is 14.5. The van der Waals surface area contributed by atoms with E-state index in [9.17, 15) is 22.4 Å². The van der Waals surface area contributed by atoms with E-state index in [0.717, 1.165) is 30.1 Å². The number of halogens is 4. The lowest BCUT2D eigenvalue weighted by molar-refractivity contribution is -0.140. The number of hydrogen-bond acceptors (Lipinski definition) is 4. The predicted molar refractivity (Wildman–Crippen MR) is 67.0 cm³/mol. The van der Waals surface area contributed by atoms with Gasteiger partial charge < -0.3 is 5.32 Å². The molecule has 1 amide bonds. The van der Waals surface area contributed by atoms with E-state index in [4.69, 9.17) is 0 Å². The first-order valence-electron chi connectivity index (χ1n) is 5.27. The summed E-state index contributed by atoms with van der Waals surface area (Å²) < 4.78 is 51.0. The minimum atomic E-state index is -4.77. The quantitative estimate of drug-likeness (QED) is 0.518. The minimum absolute atomic E-state index is 0.201. The molecule has 2 rings (SSSR count). The molecule has 20 heavy (non-hydrogen) atoms. The SMILES string of the molecule is O=C1CSC(=NN=Cc2cccc(C(F)(F)F)c2F)N1. The van der Waals surface area contributed by atoms with Crippen LogP contribution in [-0.4, -0.2) is 23.0 Å². The average molecular weight is 305 g/mol. The Morgan fingerprint density at radius 1 is 1.35 bits per heavy atom. The van der Waals surface area contributed by atoms with Gasteiger partial charge in [-0.2, -0.15) is 18.3 Å². The highest BCUT2D eigenvalue weighted by atomic mass is 32.2. The van der Waals surface area contributed by atoms with Crippen LogP contribution in [0.3, 0.4) is 0 Å². The normalized spacial score (nSPS) is 18.0. The van der Waals surface area contributed by atoms with Crippen molar-refractivity contribution in [3.8, 4) is 0 Å². The Kier molecular flexibility index (Phi) is 4.07. The molecule has 106 valence electrons. The van der Waals surface area contributed by atoms with Gasteiger partial charge in [0, 0.05) is 5.56 Å². The molecule has 0 spiro atoms. The smallest absolute Gasteiger partial charge is 0.303 e. The van der Waals surface area contributed by atoms with Crippen molar-refractivity contribution in [1.82, 2.24) is 5.32 Å². The molecule has 0 aliphatic carbocycles. The Bertz CT molecular complexity index is 598. The standard InChI is InChI=1S/C11H7F4N3OS/c12-9-6(2-1-3-7(9)11(13,14)15)4-16-18-10-17-8(19)5-20-10/h1-4H,5H2,(H,17,18,19). The van der Waals surface area contributed by atoms with Crippen LogP contribution in [0.2, 0.25) is 0 Å². The van der Waals surface area contributed by atoms with E-state index in [1.807, 2.05) is 0 Å². The molecular formula is C11H7F4N3OS. The molecule has 0 saturated carbocycles. The third-order valence-corrected chi connectivity index (χ3v) is 3.13. The van der Waals surface area contributed by atoms with Gasteiger partial charge in [-0.3, -0.25) is 4.79 Å². The summed E-state index contributed by atoms with van der Waals surface area (Å²) in [4.78, 5) is 10.8. The lowest BCUT2D eigenvalue weighted by Crippen LogP contribution is -2.19. The van der Waals surface area contributed by atoms with Gasteiger partial charge in [-0.25, -0.2) is 4.39 Å². The lowest BCUT2D eigenvalue weighted by Gasteiger charge is -2.08. The van der Waals surface area contributed by atoms with Gasteiger partial charge in [-0.05, 0) is 6.07 Å². The third kappa shape index (κ3) is 3.35. The number of nitrogens with zero attached hydrogens (tertiary/aromatic N) is 2. The Labute approximate surface area is 115 Å². The van der Waals surface area contributed by atoms with Crippen LogP contribution in [0.5, 0.6) is 0 Å². The van der Waals surface area contributed by atoms with Gasteiger partial charge in [0.05, 0.1) is 17.5 Å². The number of carbonyl (C=O) groups is 1. The topological polar surface area (TPSA) is 53.8 Å². The van der Waals surface area contributed by atoms with Gasteiger partial charge in [-0.1, -0.05) is 23.9 Å². The van der Waals surface area contributed by atoms with Crippen molar-refractivity contribution in [2.45, 2.75) is 6.18 Å². The first-order valence-corrected chi connectivity index (χ1v) is 6.26. The second-order valence-corrected chi connectivity index (χ2v) is 4.66. The predicted octanol–water partition coefficient (Wildman–Crippen LogP) is 2.40. The first-order chi connectivity index (χ1) is 9.38. The number of benzene rings is 1. The fraction of sp³-hybridized carbons (Fsp3) is 0.182. The maximum absolute atomic E-state index is 13.6. The van der Waals surface area contributed by atoms with Crippen molar-refractivity contribution in [3.05, 3.63) is 35.1 Å². The molecule has 1 aliphatic rings. The number of hydrogen-bond donors (Lipinski definition) is 1. The molecule has 4 nitrogen and oxygen atoms in total. The monoisotopic (exact) mass is 305 g/mol. The van der Waals surface area contributed by atoms with E-state index in [-0.39, 0.29) is 22.4 Å². The van der Waals surface area contributed by atoms with E-state index < -0.39 is 17.6 Å². The zero-order chi connectivity index (χ0) is 14.8. The van der Waals surface area contributed by atoms with E-state index >= 15 is 0 Å². The molecule has 0 bridgehead atoms. The number of amidine groups is 1. The van der Waals surface area contributed by atoms with E-state index in [0.29, 0.717) is 6.07 Å². The van der Waals surface area contributed by atoms with Crippen LogP contribution in [0.1, 0.15) is 11.1 Å². The van der Waals surface area contributed by atoms with Crippen molar-refractivity contribution in [1.29, 1.82) is 0 Å². The van der Waals surface area contributed by atoms with Crippen molar-refractivity contribution in [2.24, 2.45) is 10.2 Å². The number of alkyl halides is 3. The summed E-state index contributed by atoms with van der Waals surface area (Å²) in [6, 6.07) is 2.87. The molecule has 9 heteroatoms. The second kappa shape index (κ2) is 5.61. The second-order valence-electron chi connectivity index (χ2n) is 3.69. The molecule has 1 aromatic carbocycles. The molecule has 0 unspecified atom stereocenters. The third-order valence-electron chi connectivity index (χ3n) is 2.27. The lowest BCUT2D eigenvalue weighted by atomic mass is 10.1. The molecule has 1 saturated heterocycles. The Morgan fingerprint density at radius 2 is 2.10 bits per heavy atom. The Balaban J connectivity index is 2.20. The average Bonchev–Trinajstić information content (AvgIpc) is 2.76. The fourth-order valence-electron chi connectivity index (χ4n) is 1.39. The fourth-order valence-corrected chi connectivity index (χ4v) is 2.02. The summed E-state index contributed by atoms with van der Waals surface area (Å²) in [5.74, 6) is -1.45. The van der Waals surface area contributed by atoms with Crippen LogP contribution in [-0.2, 0) is 11.0 Å². The van der Waals surface area contributed by atoms with E-state index in [1.165, 1.54) is 0 Å². The van der Waals surface area contributed by atoms with Crippen molar-refractivity contribution in [2.75, 3.05) is 5.75 Å². The highest BCUT2D eigenvalue weighted by Crippen LogP contribution is 2.31.